The summed E-state index contributed by atoms with van der Waals surface area (Å²) in [7, 11) is 0. The second kappa shape index (κ2) is 6.63. The van der Waals surface area contributed by atoms with Gasteiger partial charge >= 0.3 is 0 Å². The first kappa shape index (κ1) is 18.0. The summed E-state index contributed by atoms with van der Waals surface area (Å²) in [5, 5.41) is 6.70. The number of rotatable bonds is 3. The lowest BCUT2D eigenvalue weighted by atomic mass is 10.0. The van der Waals surface area contributed by atoms with Gasteiger partial charge in [-0.25, -0.2) is 9.38 Å². The molecule has 0 atom stereocenters. The number of aliphatic imine (C=N–C) groups is 1. The molecule has 0 aliphatic carbocycles. The third-order valence-electron chi connectivity index (χ3n) is 4.88. The highest BCUT2D eigenvalue weighted by atomic mass is 19.1. The number of carbonyl (C=O) groups excluding carboxylic acids is 2. The number of allylic oxidation sites excluding steroid dienone is 1. The number of amides is 2. The third-order valence-corrected chi connectivity index (χ3v) is 4.88. The highest BCUT2D eigenvalue weighted by Gasteiger charge is 2.36. The second-order valence-electron chi connectivity index (χ2n) is 6.57. The number of aryl methyl sites for hydroxylation is 2. The monoisotopic (exact) mass is 386 g/mol. The van der Waals surface area contributed by atoms with E-state index in [9.17, 15) is 14.0 Å². The van der Waals surface area contributed by atoms with E-state index in [4.69, 9.17) is 10.5 Å². The van der Waals surface area contributed by atoms with Crippen molar-refractivity contribution in [2.45, 2.75) is 26.8 Å². The van der Waals surface area contributed by atoms with Crippen LogP contribution in [0.4, 0.5) is 4.39 Å². The Morgan fingerprint density at radius 2 is 2.21 bits per heavy atom. The smallest absolute Gasteiger partial charge is 0.279 e. The molecule has 0 bridgehead atoms. The molecular weight excluding hydrogens is 367 g/mol. The van der Waals surface area contributed by atoms with Crippen molar-refractivity contribution in [3.05, 3.63) is 52.1 Å². The minimum absolute atomic E-state index is 0.146. The number of halogens is 1. The molecule has 9 nitrogen and oxygen atoms in total. The summed E-state index contributed by atoms with van der Waals surface area (Å²) in [6.45, 7) is 4.50. The average molecular weight is 386 g/mol. The topological polar surface area (TPSA) is 115 Å². The zero-order valence-electron chi connectivity index (χ0n) is 15.5. The van der Waals surface area contributed by atoms with E-state index in [0.29, 0.717) is 31.7 Å². The largest absolute Gasteiger partial charge is 0.496 e. The van der Waals surface area contributed by atoms with Gasteiger partial charge in [-0.3, -0.25) is 19.6 Å². The molecule has 4 rings (SSSR count). The molecule has 0 fully saturated rings. The standard InChI is InChI=1S/C18H19FN6O3/c1-3-25-15(13(19)9(2)23-25)17(27)22-18-21-6-11-12(16(20)26)8-28-7-10-4-5-24(18)14(10)11/h6,8H,3-5,7H2,1-2H3,(H2,20,26)(H,21,22,27). The van der Waals surface area contributed by atoms with Crippen LogP contribution in [0.15, 0.2) is 39.9 Å². The van der Waals surface area contributed by atoms with Crippen molar-refractivity contribution in [2.24, 2.45) is 10.7 Å². The second-order valence-corrected chi connectivity index (χ2v) is 6.57. The van der Waals surface area contributed by atoms with E-state index in [-0.39, 0.29) is 22.9 Å². The van der Waals surface area contributed by atoms with E-state index in [2.05, 4.69) is 15.4 Å². The van der Waals surface area contributed by atoms with Crippen LogP contribution in [0.3, 0.4) is 0 Å². The fourth-order valence-electron chi connectivity index (χ4n) is 3.56. The van der Waals surface area contributed by atoms with Gasteiger partial charge in [0.2, 0.25) is 5.96 Å². The van der Waals surface area contributed by atoms with Crippen molar-refractivity contribution in [3.8, 4) is 0 Å². The molecule has 0 radical (unpaired) electrons. The van der Waals surface area contributed by atoms with E-state index < -0.39 is 17.6 Å². The Balaban J connectivity index is 1.69. The van der Waals surface area contributed by atoms with Crippen LogP contribution >= 0.6 is 0 Å². The molecule has 1 aromatic heterocycles. The van der Waals surface area contributed by atoms with E-state index in [1.807, 2.05) is 0 Å². The van der Waals surface area contributed by atoms with Gasteiger partial charge in [-0.1, -0.05) is 0 Å². The van der Waals surface area contributed by atoms with Crippen molar-refractivity contribution in [2.75, 3.05) is 13.2 Å². The fourth-order valence-corrected chi connectivity index (χ4v) is 3.56. The quantitative estimate of drug-likeness (QED) is 0.793. The molecule has 0 saturated carbocycles. The predicted octanol–water partition coefficient (Wildman–Crippen LogP) is 0.693. The number of primary amides is 1. The number of carbonyl (C=O) groups is 2. The van der Waals surface area contributed by atoms with Gasteiger partial charge in [0.15, 0.2) is 11.5 Å². The number of hydrogen-bond acceptors (Lipinski definition) is 6. The number of nitrogens with one attached hydrogen (secondary N) is 1. The Morgan fingerprint density at radius 1 is 1.43 bits per heavy atom. The highest BCUT2D eigenvalue weighted by Crippen LogP contribution is 2.37. The lowest BCUT2D eigenvalue weighted by Crippen LogP contribution is -2.45. The number of guanidine groups is 1. The van der Waals surface area contributed by atoms with Crippen LogP contribution in [0.25, 0.3) is 0 Å². The molecule has 0 aromatic carbocycles. The first-order chi connectivity index (χ1) is 13.4. The predicted molar refractivity (Wildman–Crippen MR) is 97.2 cm³/mol. The van der Waals surface area contributed by atoms with Crippen LogP contribution in [0.1, 0.15) is 29.5 Å². The molecule has 0 saturated heterocycles. The lowest BCUT2D eigenvalue weighted by molar-refractivity contribution is -0.114. The van der Waals surface area contributed by atoms with Gasteiger partial charge in [-0.2, -0.15) is 5.10 Å². The van der Waals surface area contributed by atoms with Crippen LogP contribution in [0, 0.1) is 12.7 Å². The van der Waals surface area contributed by atoms with Gasteiger partial charge in [-0.15, -0.1) is 0 Å². The molecule has 3 N–H and O–H groups in total. The summed E-state index contributed by atoms with van der Waals surface area (Å²) < 4.78 is 21.1. The van der Waals surface area contributed by atoms with Crippen molar-refractivity contribution in [1.82, 2.24) is 20.0 Å². The van der Waals surface area contributed by atoms with Crippen molar-refractivity contribution in [3.63, 3.8) is 0 Å². The number of ether oxygens (including phenoxy) is 1. The molecule has 0 spiro atoms. The summed E-state index contributed by atoms with van der Waals surface area (Å²) >= 11 is 0. The van der Waals surface area contributed by atoms with Gasteiger partial charge in [0, 0.05) is 24.9 Å². The Morgan fingerprint density at radius 3 is 2.93 bits per heavy atom. The highest BCUT2D eigenvalue weighted by molar-refractivity contribution is 6.07. The summed E-state index contributed by atoms with van der Waals surface area (Å²) in [5.41, 5.74) is 7.96. The zero-order chi connectivity index (χ0) is 20.0. The zero-order valence-corrected chi connectivity index (χ0v) is 15.5. The minimum atomic E-state index is -0.657. The first-order valence-electron chi connectivity index (χ1n) is 8.86. The first-order valence-corrected chi connectivity index (χ1v) is 8.86. The molecule has 2 amide bonds. The van der Waals surface area contributed by atoms with Crippen LogP contribution in [-0.4, -0.2) is 45.6 Å². The maximum Gasteiger partial charge on any atom is 0.279 e. The Bertz CT molecular complexity index is 1020. The van der Waals surface area contributed by atoms with Gasteiger partial charge < -0.3 is 15.4 Å². The van der Waals surface area contributed by atoms with E-state index in [0.717, 1.165) is 11.3 Å². The van der Waals surface area contributed by atoms with Crippen LogP contribution in [0.2, 0.25) is 0 Å². The minimum Gasteiger partial charge on any atom is -0.496 e. The van der Waals surface area contributed by atoms with Crippen molar-refractivity contribution in [1.29, 1.82) is 0 Å². The summed E-state index contributed by atoms with van der Waals surface area (Å²) in [5.74, 6) is -1.67. The average Bonchev–Trinajstić information content (AvgIpc) is 3.14. The molecular formula is C18H19FN6O3. The number of nitrogens with zero attached hydrogens (tertiary/aromatic N) is 4. The van der Waals surface area contributed by atoms with Gasteiger partial charge in [0.1, 0.15) is 6.61 Å². The fraction of sp³-hybridized carbons (Fsp3) is 0.333. The molecule has 3 aliphatic rings. The Hall–Kier alpha value is -3.43. The van der Waals surface area contributed by atoms with Crippen LogP contribution in [-0.2, 0) is 16.1 Å². The number of hydrogen-bond donors (Lipinski definition) is 2. The van der Waals surface area contributed by atoms with E-state index >= 15 is 0 Å². The van der Waals surface area contributed by atoms with Gasteiger partial charge in [0.25, 0.3) is 11.8 Å². The molecule has 0 unspecified atom stereocenters. The number of nitrogens with two attached hydrogens (primary N) is 1. The van der Waals surface area contributed by atoms with Gasteiger partial charge in [-0.05, 0) is 25.8 Å². The molecule has 1 aromatic rings. The summed E-state index contributed by atoms with van der Waals surface area (Å²) in [6, 6.07) is 0. The van der Waals surface area contributed by atoms with Crippen LogP contribution in [0.5, 0.6) is 0 Å². The third kappa shape index (κ3) is 2.68. The van der Waals surface area contributed by atoms with Crippen molar-refractivity contribution >= 4 is 17.8 Å². The molecule has 4 heterocycles. The van der Waals surface area contributed by atoms with E-state index in [1.165, 1.54) is 24.1 Å². The van der Waals surface area contributed by atoms with E-state index in [1.54, 1.807) is 11.8 Å². The molecule has 28 heavy (non-hydrogen) atoms. The Labute approximate surface area is 160 Å². The lowest BCUT2D eigenvalue weighted by Gasteiger charge is -2.28. The number of aromatic nitrogens is 2. The summed E-state index contributed by atoms with van der Waals surface area (Å²) in [4.78, 5) is 30.6. The molecule has 146 valence electrons. The molecule has 10 heteroatoms. The van der Waals surface area contributed by atoms with Gasteiger partial charge in [0.05, 0.1) is 23.2 Å². The normalized spacial score (nSPS) is 18.0. The SMILES string of the molecule is CCn1nc(C)c(F)c1C(=O)NC1=NC=C2C(C(N)=O)=COCC3=C2N1CC3. The molecule has 3 aliphatic heterocycles. The van der Waals surface area contributed by atoms with Crippen LogP contribution < -0.4 is 11.1 Å². The maximum absolute atomic E-state index is 14.4. The van der Waals surface area contributed by atoms with Crippen molar-refractivity contribution < 1.29 is 18.7 Å². The summed E-state index contributed by atoms with van der Waals surface area (Å²) in [6.07, 6.45) is 3.49. The maximum atomic E-state index is 14.4. The Kier molecular flexibility index (Phi) is 4.25.